The predicted octanol–water partition coefficient (Wildman–Crippen LogP) is 1.84. The Hall–Kier alpha value is -1.27. The lowest BCUT2D eigenvalue weighted by atomic mass is 10.2. The van der Waals surface area contributed by atoms with Crippen molar-refractivity contribution in [1.82, 2.24) is 4.90 Å². The molecule has 1 unspecified atom stereocenters. The third-order valence-electron chi connectivity index (χ3n) is 3.76. The fourth-order valence-corrected chi connectivity index (χ4v) is 3.34. The second-order valence-corrected chi connectivity index (χ2v) is 6.68. The van der Waals surface area contributed by atoms with Crippen molar-refractivity contribution in [3.05, 3.63) is 30.1 Å². The standard InChI is InChI=1S/C16H23FN2O2S/c1-13(10-20)11-22-12-16(21)19-8-6-18(7-9-19)15-4-2-14(17)3-5-15/h2-5,13,20H,6-12H2,1H3. The van der Waals surface area contributed by atoms with Crippen molar-refractivity contribution < 1.29 is 14.3 Å². The Morgan fingerprint density at radius 1 is 1.27 bits per heavy atom. The molecule has 1 aromatic carbocycles. The van der Waals surface area contributed by atoms with Gasteiger partial charge in [-0.1, -0.05) is 6.92 Å². The number of thioether (sulfide) groups is 1. The van der Waals surface area contributed by atoms with Crippen LogP contribution in [-0.2, 0) is 4.79 Å². The maximum Gasteiger partial charge on any atom is 0.232 e. The van der Waals surface area contributed by atoms with Gasteiger partial charge in [-0.2, -0.15) is 11.8 Å². The molecule has 1 atom stereocenters. The van der Waals surface area contributed by atoms with Gasteiger partial charge >= 0.3 is 0 Å². The van der Waals surface area contributed by atoms with Gasteiger partial charge in [0.05, 0.1) is 5.75 Å². The Morgan fingerprint density at radius 3 is 2.50 bits per heavy atom. The number of aliphatic hydroxyl groups excluding tert-OH is 1. The number of nitrogens with zero attached hydrogens (tertiary/aromatic N) is 2. The van der Waals surface area contributed by atoms with E-state index in [-0.39, 0.29) is 24.2 Å². The number of halogens is 1. The summed E-state index contributed by atoms with van der Waals surface area (Å²) < 4.78 is 12.9. The number of benzene rings is 1. The molecule has 2 rings (SSSR count). The Labute approximate surface area is 135 Å². The van der Waals surface area contributed by atoms with Gasteiger partial charge in [0.2, 0.25) is 5.91 Å². The highest BCUT2D eigenvalue weighted by Gasteiger charge is 2.21. The predicted molar refractivity (Wildman–Crippen MR) is 88.8 cm³/mol. The molecule has 4 nitrogen and oxygen atoms in total. The fourth-order valence-electron chi connectivity index (χ4n) is 2.36. The summed E-state index contributed by atoms with van der Waals surface area (Å²) in [7, 11) is 0. The Morgan fingerprint density at radius 2 is 1.91 bits per heavy atom. The SMILES string of the molecule is CC(CO)CSCC(=O)N1CCN(c2ccc(F)cc2)CC1. The number of hydrogen-bond donors (Lipinski definition) is 1. The normalized spacial score (nSPS) is 16.7. The summed E-state index contributed by atoms with van der Waals surface area (Å²) in [4.78, 5) is 16.2. The van der Waals surface area contributed by atoms with Crippen molar-refractivity contribution in [2.45, 2.75) is 6.92 Å². The summed E-state index contributed by atoms with van der Waals surface area (Å²) in [6.45, 7) is 5.08. The van der Waals surface area contributed by atoms with E-state index in [2.05, 4.69) is 4.90 Å². The van der Waals surface area contributed by atoms with Crippen LogP contribution >= 0.6 is 11.8 Å². The number of carbonyl (C=O) groups excluding carboxylic acids is 1. The Kier molecular flexibility index (Phi) is 6.51. The summed E-state index contributed by atoms with van der Waals surface area (Å²) in [6, 6.07) is 6.48. The summed E-state index contributed by atoms with van der Waals surface area (Å²) in [5, 5.41) is 8.97. The molecule has 0 aliphatic carbocycles. The number of amides is 1. The van der Waals surface area contributed by atoms with Crippen LogP contribution in [0.15, 0.2) is 24.3 Å². The lowest BCUT2D eigenvalue weighted by Crippen LogP contribution is -2.49. The summed E-state index contributed by atoms with van der Waals surface area (Å²) in [6.07, 6.45) is 0. The number of piperazine rings is 1. The largest absolute Gasteiger partial charge is 0.396 e. The van der Waals surface area contributed by atoms with Crippen LogP contribution in [0.5, 0.6) is 0 Å². The van der Waals surface area contributed by atoms with Crippen molar-refractivity contribution >= 4 is 23.4 Å². The third-order valence-corrected chi connectivity index (χ3v) is 5.02. The minimum atomic E-state index is -0.230. The molecule has 0 saturated carbocycles. The van der Waals surface area contributed by atoms with Crippen molar-refractivity contribution in [3.8, 4) is 0 Å². The minimum absolute atomic E-state index is 0.161. The molecular formula is C16H23FN2O2S. The second kappa shape index (κ2) is 8.39. The molecule has 1 aliphatic rings. The highest BCUT2D eigenvalue weighted by Crippen LogP contribution is 2.17. The molecule has 0 radical (unpaired) electrons. The Bertz CT molecular complexity index is 476. The van der Waals surface area contributed by atoms with Gasteiger partial charge in [0.15, 0.2) is 0 Å². The van der Waals surface area contributed by atoms with E-state index in [9.17, 15) is 9.18 Å². The first-order chi connectivity index (χ1) is 10.6. The maximum absolute atomic E-state index is 12.9. The molecule has 0 aromatic heterocycles. The van der Waals surface area contributed by atoms with Crippen molar-refractivity contribution in [3.63, 3.8) is 0 Å². The summed E-state index contributed by atoms with van der Waals surface area (Å²) in [5.41, 5.74) is 1.000. The van der Waals surface area contributed by atoms with Crippen LogP contribution in [0.1, 0.15) is 6.92 Å². The van der Waals surface area contributed by atoms with E-state index < -0.39 is 0 Å². The zero-order valence-corrected chi connectivity index (χ0v) is 13.7. The van der Waals surface area contributed by atoms with Gasteiger partial charge in [-0.25, -0.2) is 4.39 Å². The van der Waals surface area contributed by atoms with Crippen molar-refractivity contribution in [2.24, 2.45) is 5.92 Å². The molecular weight excluding hydrogens is 303 g/mol. The zero-order chi connectivity index (χ0) is 15.9. The Balaban J connectivity index is 1.74. The fraction of sp³-hybridized carbons (Fsp3) is 0.562. The van der Waals surface area contributed by atoms with Gasteiger partial charge in [0.1, 0.15) is 5.82 Å². The average molecular weight is 326 g/mol. The molecule has 22 heavy (non-hydrogen) atoms. The first-order valence-corrected chi connectivity index (χ1v) is 8.72. The van der Waals surface area contributed by atoms with Crippen molar-refractivity contribution in [1.29, 1.82) is 0 Å². The number of carbonyl (C=O) groups is 1. The van der Waals surface area contributed by atoms with E-state index >= 15 is 0 Å². The van der Waals surface area contributed by atoms with E-state index in [1.807, 2.05) is 11.8 Å². The van der Waals surface area contributed by atoms with Gasteiger partial charge in [-0.15, -0.1) is 0 Å². The van der Waals surface area contributed by atoms with Crippen LogP contribution in [0, 0.1) is 11.7 Å². The highest BCUT2D eigenvalue weighted by molar-refractivity contribution is 7.99. The monoisotopic (exact) mass is 326 g/mol. The molecule has 1 fully saturated rings. The average Bonchev–Trinajstić information content (AvgIpc) is 2.55. The highest BCUT2D eigenvalue weighted by atomic mass is 32.2. The summed E-state index contributed by atoms with van der Waals surface area (Å²) >= 11 is 1.58. The molecule has 1 heterocycles. The van der Waals surface area contributed by atoms with Crippen LogP contribution in [-0.4, -0.2) is 60.2 Å². The number of rotatable bonds is 6. The van der Waals surface area contributed by atoms with E-state index in [0.717, 1.165) is 24.5 Å². The number of aliphatic hydroxyl groups is 1. The van der Waals surface area contributed by atoms with Crippen LogP contribution < -0.4 is 4.90 Å². The second-order valence-electron chi connectivity index (χ2n) is 5.65. The molecule has 6 heteroatoms. The lowest BCUT2D eigenvalue weighted by Gasteiger charge is -2.36. The van der Waals surface area contributed by atoms with Gasteiger partial charge < -0.3 is 14.9 Å². The van der Waals surface area contributed by atoms with Crippen LogP contribution in [0.2, 0.25) is 0 Å². The molecule has 1 aromatic rings. The van der Waals surface area contributed by atoms with Crippen LogP contribution in [0.4, 0.5) is 10.1 Å². The first-order valence-electron chi connectivity index (χ1n) is 7.57. The maximum atomic E-state index is 12.9. The number of hydrogen-bond acceptors (Lipinski definition) is 4. The molecule has 0 spiro atoms. The first kappa shape index (κ1) is 17.1. The minimum Gasteiger partial charge on any atom is -0.396 e. The molecule has 0 bridgehead atoms. The lowest BCUT2D eigenvalue weighted by molar-refractivity contribution is -0.128. The van der Waals surface area contributed by atoms with Gasteiger partial charge in [0.25, 0.3) is 0 Å². The molecule has 1 saturated heterocycles. The topological polar surface area (TPSA) is 43.8 Å². The molecule has 1 amide bonds. The van der Waals surface area contributed by atoms with Crippen LogP contribution in [0.25, 0.3) is 0 Å². The van der Waals surface area contributed by atoms with Crippen molar-refractivity contribution in [2.75, 3.05) is 49.2 Å². The van der Waals surface area contributed by atoms with E-state index in [4.69, 9.17) is 5.11 Å². The van der Waals surface area contributed by atoms with Gasteiger partial charge in [0, 0.05) is 38.5 Å². The van der Waals surface area contributed by atoms with E-state index in [0.29, 0.717) is 18.8 Å². The van der Waals surface area contributed by atoms with E-state index in [1.54, 1.807) is 23.9 Å². The quantitative estimate of drug-likeness (QED) is 0.866. The number of anilines is 1. The molecule has 1 aliphatic heterocycles. The van der Waals surface area contributed by atoms with Crippen LogP contribution in [0.3, 0.4) is 0 Å². The molecule has 122 valence electrons. The smallest absolute Gasteiger partial charge is 0.232 e. The van der Waals surface area contributed by atoms with Gasteiger partial charge in [-0.05, 0) is 35.9 Å². The summed E-state index contributed by atoms with van der Waals surface area (Å²) in [5.74, 6) is 1.44. The molecule has 1 N–H and O–H groups in total. The third kappa shape index (κ3) is 4.88. The van der Waals surface area contributed by atoms with E-state index in [1.165, 1.54) is 12.1 Å². The van der Waals surface area contributed by atoms with Gasteiger partial charge in [-0.3, -0.25) is 4.79 Å². The zero-order valence-electron chi connectivity index (χ0n) is 12.9.